The number of anilines is 1. The molecular weight excluding hydrogens is 238 g/mol. The third kappa shape index (κ3) is 2.73. The van der Waals surface area contributed by atoms with Gasteiger partial charge in [-0.15, -0.1) is 11.8 Å². The molecule has 92 valence electrons. The van der Waals surface area contributed by atoms with E-state index >= 15 is 0 Å². The van der Waals surface area contributed by atoms with Crippen LogP contribution < -0.4 is 5.32 Å². The average molecular weight is 253 g/mol. The summed E-state index contributed by atoms with van der Waals surface area (Å²) in [4.78, 5) is 12.1. The molecule has 0 radical (unpaired) electrons. The summed E-state index contributed by atoms with van der Waals surface area (Å²) in [6.45, 7) is 1.38. The first-order chi connectivity index (χ1) is 8.22. The van der Waals surface area contributed by atoms with Crippen molar-refractivity contribution in [1.82, 2.24) is 0 Å². The third-order valence-electron chi connectivity index (χ3n) is 2.75. The monoisotopic (exact) mass is 253 g/mol. The van der Waals surface area contributed by atoms with Crippen LogP contribution in [0.1, 0.15) is 16.8 Å². The minimum atomic E-state index is -0.892. The molecule has 1 aromatic rings. The van der Waals surface area contributed by atoms with Gasteiger partial charge in [0.25, 0.3) is 0 Å². The number of aromatic carboxylic acids is 1. The van der Waals surface area contributed by atoms with E-state index in [0.717, 1.165) is 17.9 Å². The molecular formula is C12H15NO3S. The molecule has 0 amide bonds. The van der Waals surface area contributed by atoms with Crippen LogP contribution in [0.2, 0.25) is 0 Å². The van der Waals surface area contributed by atoms with Crippen LogP contribution in [-0.2, 0) is 4.74 Å². The molecule has 0 spiro atoms. The molecule has 1 aromatic carbocycles. The van der Waals surface area contributed by atoms with E-state index < -0.39 is 5.97 Å². The Morgan fingerprint density at radius 3 is 3.00 bits per heavy atom. The van der Waals surface area contributed by atoms with Gasteiger partial charge in [-0.25, -0.2) is 4.79 Å². The van der Waals surface area contributed by atoms with Gasteiger partial charge in [-0.05, 0) is 24.8 Å². The Bertz CT molecular complexity index is 416. The lowest BCUT2D eigenvalue weighted by Gasteiger charge is -2.16. The molecule has 0 aliphatic carbocycles. The number of hydrogen-bond acceptors (Lipinski definition) is 4. The Morgan fingerprint density at radius 2 is 2.41 bits per heavy atom. The Hall–Kier alpha value is -1.20. The smallest absolute Gasteiger partial charge is 0.338 e. The molecule has 1 saturated heterocycles. The maximum Gasteiger partial charge on any atom is 0.338 e. The largest absolute Gasteiger partial charge is 0.478 e. The van der Waals surface area contributed by atoms with Crippen LogP contribution in [0.5, 0.6) is 0 Å². The zero-order valence-corrected chi connectivity index (χ0v) is 10.4. The number of hydrogen-bond donors (Lipinski definition) is 2. The summed E-state index contributed by atoms with van der Waals surface area (Å²) in [5, 5.41) is 12.5. The molecule has 0 saturated carbocycles. The van der Waals surface area contributed by atoms with Crippen LogP contribution >= 0.6 is 11.8 Å². The first-order valence-corrected chi connectivity index (χ1v) is 6.69. The lowest BCUT2D eigenvalue weighted by Crippen LogP contribution is -2.21. The number of nitrogens with one attached hydrogen (secondary N) is 1. The molecule has 0 aromatic heterocycles. The second-order valence-corrected chi connectivity index (χ2v) is 4.74. The summed E-state index contributed by atoms with van der Waals surface area (Å²) in [7, 11) is 0. The van der Waals surface area contributed by atoms with Crippen molar-refractivity contribution in [3.63, 3.8) is 0 Å². The fourth-order valence-electron chi connectivity index (χ4n) is 1.91. The van der Waals surface area contributed by atoms with Gasteiger partial charge < -0.3 is 15.2 Å². The highest BCUT2D eigenvalue weighted by molar-refractivity contribution is 7.98. The van der Waals surface area contributed by atoms with Gasteiger partial charge in [-0.2, -0.15) is 0 Å². The van der Waals surface area contributed by atoms with E-state index in [1.54, 1.807) is 0 Å². The van der Waals surface area contributed by atoms with Crippen LogP contribution in [0.25, 0.3) is 0 Å². The topological polar surface area (TPSA) is 58.6 Å². The molecule has 0 bridgehead atoms. The fourth-order valence-corrected chi connectivity index (χ4v) is 2.53. The van der Waals surface area contributed by atoms with Gasteiger partial charge in [0.1, 0.15) is 0 Å². The minimum Gasteiger partial charge on any atom is -0.478 e. The van der Waals surface area contributed by atoms with Crippen molar-refractivity contribution in [2.24, 2.45) is 0 Å². The lowest BCUT2D eigenvalue weighted by molar-refractivity contribution is 0.0694. The summed E-state index contributed by atoms with van der Waals surface area (Å²) in [5.74, 6) is -0.892. The molecule has 1 aliphatic heterocycles. The Balaban J connectivity index is 2.28. The Kier molecular flexibility index (Phi) is 3.91. The first-order valence-electron chi connectivity index (χ1n) is 5.47. The Morgan fingerprint density at radius 1 is 1.59 bits per heavy atom. The number of ether oxygens (including phenoxy) is 1. The fraction of sp³-hybridized carbons (Fsp3) is 0.417. The predicted octanol–water partition coefficient (Wildman–Crippen LogP) is 2.31. The molecule has 1 atom stereocenters. The van der Waals surface area contributed by atoms with Crippen molar-refractivity contribution in [2.45, 2.75) is 17.4 Å². The molecule has 17 heavy (non-hydrogen) atoms. The van der Waals surface area contributed by atoms with E-state index in [1.807, 2.05) is 24.5 Å². The van der Waals surface area contributed by atoms with Gasteiger partial charge in [0.2, 0.25) is 0 Å². The standard InChI is InChI=1S/C12H15NO3S/c1-17-10-4-2-3-9(11(10)12(14)15)13-8-5-6-16-7-8/h2-4,8,13H,5-7H2,1H3,(H,14,15). The lowest BCUT2D eigenvalue weighted by atomic mass is 10.1. The minimum absolute atomic E-state index is 0.213. The molecule has 2 rings (SSSR count). The molecule has 1 aliphatic rings. The zero-order chi connectivity index (χ0) is 12.3. The summed E-state index contributed by atoms with van der Waals surface area (Å²) < 4.78 is 5.27. The number of rotatable bonds is 4. The first kappa shape index (κ1) is 12.3. The molecule has 5 heteroatoms. The summed E-state index contributed by atoms with van der Waals surface area (Å²) in [6, 6.07) is 5.72. The van der Waals surface area contributed by atoms with Crippen molar-refractivity contribution in [1.29, 1.82) is 0 Å². The van der Waals surface area contributed by atoms with Crippen LogP contribution in [0, 0.1) is 0 Å². The summed E-state index contributed by atoms with van der Waals surface area (Å²) >= 11 is 1.44. The van der Waals surface area contributed by atoms with Crippen molar-refractivity contribution >= 4 is 23.4 Å². The number of carboxylic acid groups (broad SMARTS) is 1. The van der Waals surface area contributed by atoms with Gasteiger partial charge in [-0.3, -0.25) is 0 Å². The summed E-state index contributed by atoms with van der Waals surface area (Å²) in [6.07, 6.45) is 2.80. The van der Waals surface area contributed by atoms with Crippen LogP contribution in [0.3, 0.4) is 0 Å². The molecule has 1 unspecified atom stereocenters. The Labute approximate surface area is 104 Å². The van der Waals surface area contributed by atoms with Gasteiger partial charge in [-0.1, -0.05) is 6.07 Å². The number of carbonyl (C=O) groups is 1. The molecule has 1 fully saturated rings. The normalized spacial score (nSPS) is 19.2. The highest BCUT2D eigenvalue weighted by atomic mass is 32.2. The van der Waals surface area contributed by atoms with Gasteiger partial charge in [0.15, 0.2) is 0 Å². The maximum absolute atomic E-state index is 11.3. The second kappa shape index (κ2) is 5.42. The van der Waals surface area contributed by atoms with E-state index in [9.17, 15) is 9.90 Å². The van der Waals surface area contributed by atoms with E-state index in [-0.39, 0.29) is 6.04 Å². The molecule has 4 nitrogen and oxygen atoms in total. The molecule has 1 heterocycles. The van der Waals surface area contributed by atoms with Crippen LogP contribution in [0.4, 0.5) is 5.69 Å². The van der Waals surface area contributed by atoms with E-state index in [0.29, 0.717) is 17.9 Å². The number of benzene rings is 1. The third-order valence-corrected chi connectivity index (χ3v) is 3.53. The molecule has 2 N–H and O–H groups in total. The van der Waals surface area contributed by atoms with E-state index in [1.165, 1.54) is 11.8 Å². The quantitative estimate of drug-likeness (QED) is 0.806. The predicted molar refractivity (Wildman–Crippen MR) is 68.0 cm³/mol. The van der Waals surface area contributed by atoms with Gasteiger partial charge >= 0.3 is 5.97 Å². The van der Waals surface area contributed by atoms with Gasteiger partial charge in [0, 0.05) is 11.5 Å². The van der Waals surface area contributed by atoms with Gasteiger partial charge in [0.05, 0.1) is 23.9 Å². The number of thioether (sulfide) groups is 1. The SMILES string of the molecule is CSc1cccc(NC2CCOC2)c1C(=O)O. The highest BCUT2D eigenvalue weighted by Crippen LogP contribution is 2.28. The number of carboxylic acids is 1. The van der Waals surface area contributed by atoms with E-state index in [2.05, 4.69) is 5.32 Å². The van der Waals surface area contributed by atoms with Crippen LogP contribution in [0.15, 0.2) is 23.1 Å². The second-order valence-electron chi connectivity index (χ2n) is 3.89. The van der Waals surface area contributed by atoms with Crippen molar-refractivity contribution in [2.75, 3.05) is 24.8 Å². The van der Waals surface area contributed by atoms with Crippen molar-refractivity contribution in [3.05, 3.63) is 23.8 Å². The average Bonchev–Trinajstić information content (AvgIpc) is 2.81. The van der Waals surface area contributed by atoms with Crippen molar-refractivity contribution in [3.8, 4) is 0 Å². The summed E-state index contributed by atoms with van der Waals surface area (Å²) in [5.41, 5.74) is 1.03. The van der Waals surface area contributed by atoms with E-state index in [4.69, 9.17) is 4.74 Å². The zero-order valence-electron chi connectivity index (χ0n) is 9.60. The van der Waals surface area contributed by atoms with Crippen molar-refractivity contribution < 1.29 is 14.6 Å². The highest BCUT2D eigenvalue weighted by Gasteiger charge is 2.20. The van der Waals surface area contributed by atoms with Crippen LogP contribution in [-0.4, -0.2) is 36.6 Å². The maximum atomic E-state index is 11.3.